The lowest BCUT2D eigenvalue weighted by atomic mass is 9.98. The van der Waals surface area contributed by atoms with Crippen molar-refractivity contribution in [3.63, 3.8) is 0 Å². The zero-order valence-corrected chi connectivity index (χ0v) is 11.0. The molecule has 1 aliphatic heterocycles. The van der Waals surface area contributed by atoms with Gasteiger partial charge in [0.15, 0.2) is 0 Å². The molecule has 0 fully saturated rings. The Morgan fingerprint density at radius 3 is 2.68 bits per heavy atom. The van der Waals surface area contributed by atoms with E-state index < -0.39 is 0 Å². The molecule has 1 aromatic carbocycles. The van der Waals surface area contributed by atoms with Crippen LogP contribution in [-0.4, -0.2) is 32.3 Å². The van der Waals surface area contributed by atoms with Crippen molar-refractivity contribution >= 4 is 6.41 Å². The molecule has 2 heterocycles. The number of nitrogens with zero attached hydrogens (tertiary/aromatic N) is 4. The highest BCUT2D eigenvalue weighted by atomic mass is 16.1. The number of benzene rings is 1. The van der Waals surface area contributed by atoms with E-state index in [-0.39, 0.29) is 12.1 Å². The van der Waals surface area contributed by atoms with Crippen molar-refractivity contribution in [2.24, 2.45) is 0 Å². The summed E-state index contributed by atoms with van der Waals surface area (Å²) in [4.78, 5) is 12.9. The number of aromatic nitrogens is 3. The van der Waals surface area contributed by atoms with Crippen LogP contribution in [0.25, 0.3) is 5.69 Å². The molecule has 98 valence electrons. The molecular weight excluding hydrogens is 240 g/mol. The number of fused-ring (bicyclic) bond motifs is 1. The Labute approximate surface area is 111 Å². The second kappa shape index (κ2) is 4.50. The number of para-hydroxylation sites is 1. The van der Waals surface area contributed by atoms with E-state index in [0.29, 0.717) is 0 Å². The standard InChI is InChI=1S/C14H16N4O/c1-10-8-13-14(11(2)17(10)9-19)15-16-18(13)12-6-4-3-5-7-12/h3-7,9-11H,8H2,1-2H3. The van der Waals surface area contributed by atoms with Gasteiger partial charge < -0.3 is 4.90 Å². The van der Waals surface area contributed by atoms with E-state index in [9.17, 15) is 4.79 Å². The summed E-state index contributed by atoms with van der Waals surface area (Å²) in [6, 6.07) is 10.1. The highest BCUT2D eigenvalue weighted by molar-refractivity contribution is 5.51. The van der Waals surface area contributed by atoms with Crippen LogP contribution < -0.4 is 0 Å². The lowest BCUT2D eigenvalue weighted by Gasteiger charge is -2.35. The Bertz CT molecular complexity index is 593. The largest absolute Gasteiger partial charge is 0.334 e. The van der Waals surface area contributed by atoms with Gasteiger partial charge in [0.05, 0.1) is 17.4 Å². The van der Waals surface area contributed by atoms with Crippen LogP contribution in [0.1, 0.15) is 31.3 Å². The molecule has 19 heavy (non-hydrogen) atoms. The fourth-order valence-electron chi connectivity index (χ4n) is 2.71. The Kier molecular flexibility index (Phi) is 2.81. The van der Waals surface area contributed by atoms with Crippen LogP contribution >= 0.6 is 0 Å². The molecule has 0 radical (unpaired) electrons. The fourth-order valence-corrected chi connectivity index (χ4v) is 2.71. The van der Waals surface area contributed by atoms with Crippen LogP contribution in [0.15, 0.2) is 30.3 Å². The summed E-state index contributed by atoms with van der Waals surface area (Å²) >= 11 is 0. The molecule has 0 saturated heterocycles. The van der Waals surface area contributed by atoms with Gasteiger partial charge in [0.2, 0.25) is 6.41 Å². The van der Waals surface area contributed by atoms with E-state index in [4.69, 9.17) is 0 Å². The van der Waals surface area contributed by atoms with Gasteiger partial charge in [-0.1, -0.05) is 23.4 Å². The van der Waals surface area contributed by atoms with E-state index in [0.717, 1.165) is 29.9 Å². The quantitative estimate of drug-likeness (QED) is 0.769. The van der Waals surface area contributed by atoms with Crippen molar-refractivity contribution in [3.8, 4) is 5.69 Å². The Balaban J connectivity index is 2.08. The molecule has 1 aliphatic rings. The molecule has 0 aliphatic carbocycles. The van der Waals surface area contributed by atoms with Crippen molar-refractivity contribution in [2.75, 3.05) is 0 Å². The van der Waals surface area contributed by atoms with Crippen molar-refractivity contribution in [3.05, 3.63) is 41.7 Å². The van der Waals surface area contributed by atoms with Crippen LogP contribution in [0.5, 0.6) is 0 Å². The molecule has 2 aromatic rings. The van der Waals surface area contributed by atoms with Gasteiger partial charge in [-0.2, -0.15) is 0 Å². The highest BCUT2D eigenvalue weighted by Crippen LogP contribution is 2.30. The maximum absolute atomic E-state index is 11.1. The minimum Gasteiger partial charge on any atom is -0.334 e. The Morgan fingerprint density at radius 2 is 2.00 bits per heavy atom. The molecule has 3 rings (SSSR count). The van der Waals surface area contributed by atoms with Crippen LogP contribution in [0.3, 0.4) is 0 Å². The van der Waals surface area contributed by atoms with Crippen LogP contribution in [-0.2, 0) is 11.2 Å². The van der Waals surface area contributed by atoms with Gasteiger partial charge >= 0.3 is 0 Å². The molecule has 0 spiro atoms. The van der Waals surface area contributed by atoms with Crippen molar-refractivity contribution in [1.82, 2.24) is 19.9 Å². The van der Waals surface area contributed by atoms with Gasteiger partial charge in [-0.3, -0.25) is 4.79 Å². The van der Waals surface area contributed by atoms with E-state index in [2.05, 4.69) is 17.2 Å². The van der Waals surface area contributed by atoms with Gasteiger partial charge in [0.25, 0.3) is 0 Å². The first-order chi connectivity index (χ1) is 9.22. The minimum atomic E-state index is -0.0197. The van der Waals surface area contributed by atoms with Gasteiger partial charge in [-0.05, 0) is 26.0 Å². The molecule has 2 unspecified atom stereocenters. The monoisotopic (exact) mass is 256 g/mol. The van der Waals surface area contributed by atoms with Crippen LogP contribution in [0.2, 0.25) is 0 Å². The first-order valence-electron chi connectivity index (χ1n) is 6.45. The molecule has 2 atom stereocenters. The number of carbonyl (C=O) groups is 1. The fraction of sp³-hybridized carbons (Fsp3) is 0.357. The molecule has 1 aromatic heterocycles. The maximum Gasteiger partial charge on any atom is 0.210 e. The molecule has 5 nitrogen and oxygen atoms in total. The Hall–Kier alpha value is -2.17. The normalized spacial score (nSPS) is 22.1. The number of amides is 1. The first kappa shape index (κ1) is 11.9. The second-order valence-electron chi connectivity index (χ2n) is 4.95. The molecule has 0 N–H and O–H groups in total. The molecule has 0 bridgehead atoms. The van der Waals surface area contributed by atoms with Gasteiger partial charge in [-0.25, -0.2) is 4.68 Å². The minimum absolute atomic E-state index is 0.0197. The zero-order valence-electron chi connectivity index (χ0n) is 11.0. The summed E-state index contributed by atoms with van der Waals surface area (Å²) in [5.74, 6) is 0. The molecular formula is C14H16N4O. The summed E-state index contributed by atoms with van der Waals surface area (Å²) in [5.41, 5.74) is 3.01. The van der Waals surface area contributed by atoms with E-state index in [1.165, 1.54) is 0 Å². The van der Waals surface area contributed by atoms with Crippen molar-refractivity contribution in [2.45, 2.75) is 32.4 Å². The highest BCUT2D eigenvalue weighted by Gasteiger charge is 2.32. The number of rotatable bonds is 2. The SMILES string of the molecule is CC1Cc2c(nnn2-c2ccccc2)C(C)N1C=O. The predicted molar refractivity (Wildman–Crippen MR) is 70.8 cm³/mol. The number of hydrogen-bond donors (Lipinski definition) is 0. The molecule has 0 saturated carbocycles. The first-order valence-corrected chi connectivity index (χ1v) is 6.45. The maximum atomic E-state index is 11.1. The summed E-state index contributed by atoms with van der Waals surface area (Å²) in [6.45, 7) is 4.04. The molecule has 5 heteroatoms. The second-order valence-corrected chi connectivity index (χ2v) is 4.95. The van der Waals surface area contributed by atoms with E-state index >= 15 is 0 Å². The summed E-state index contributed by atoms with van der Waals surface area (Å²) < 4.78 is 1.88. The van der Waals surface area contributed by atoms with Gasteiger partial charge in [-0.15, -0.1) is 5.10 Å². The third-order valence-corrected chi connectivity index (χ3v) is 3.76. The predicted octanol–water partition coefficient (Wildman–Crippen LogP) is 1.73. The number of carbonyl (C=O) groups excluding carboxylic acids is 1. The summed E-state index contributed by atoms with van der Waals surface area (Å²) in [7, 11) is 0. The van der Waals surface area contributed by atoms with Crippen molar-refractivity contribution in [1.29, 1.82) is 0 Å². The van der Waals surface area contributed by atoms with E-state index in [1.54, 1.807) is 4.90 Å². The van der Waals surface area contributed by atoms with Crippen LogP contribution in [0.4, 0.5) is 0 Å². The zero-order chi connectivity index (χ0) is 13.4. The average molecular weight is 256 g/mol. The Morgan fingerprint density at radius 1 is 1.26 bits per heavy atom. The van der Waals surface area contributed by atoms with Crippen LogP contribution in [0, 0.1) is 0 Å². The number of hydrogen-bond acceptors (Lipinski definition) is 3. The third-order valence-electron chi connectivity index (χ3n) is 3.76. The smallest absolute Gasteiger partial charge is 0.210 e. The topological polar surface area (TPSA) is 51.0 Å². The third kappa shape index (κ3) is 1.82. The lowest BCUT2D eigenvalue weighted by Crippen LogP contribution is -2.40. The van der Waals surface area contributed by atoms with E-state index in [1.807, 2.05) is 41.9 Å². The average Bonchev–Trinajstić information content (AvgIpc) is 2.84. The summed E-state index contributed by atoms with van der Waals surface area (Å²) in [6.07, 6.45) is 1.68. The van der Waals surface area contributed by atoms with Crippen molar-refractivity contribution < 1.29 is 4.79 Å². The van der Waals surface area contributed by atoms with Gasteiger partial charge in [0, 0.05) is 12.5 Å². The van der Waals surface area contributed by atoms with Gasteiger partial charge in [0.1, 0.15) is 5.69 Å². The summed E-state index contributed by atoms with van der Waals surface area (Å²) in [5, 5.41) is 8.50. The lowest BCUT2D eigenvalue weighted by molar-refractivity contribution is -0.122. The molecule has 1 amide bonds.